The lowest BCUT2D eigenvalue weighted by molar-refractivity contribution is -0.123. The van der Waals surface area contributed by atoms with Gasteiger partial charge in [0.05, 0.1) is 16.8 Å². The van der Waals surface area contributed by atoms with Crippen LogP contribution in [-0.4, -0.2) is 55.7 Å². The molecule has 4 rings (SSSR count). The summed E-state index contributed by atoms with van der Waals surface area (Å²) < 4.78 is 16.9. The van der Waals surface area contributed by atoms with Crippen molar-refractivity contribution in [2.45, 2.75) is 18.4 Å². The van der Waals surface area contributed by atoms with Crippen LogP contribution in [-0.2, 0) is 15.8 Å². The van der Waals surface area contributed by atoms with Crippen LogP contribution in [0.2, 0.25) is 0 Å². The number of fused-ring (bicyclic) bond motifs is 1. The van der Waals surface area contributed by atoms with Gasteiger partial charge in [-0.2, -0.15) is 0 Å². The van der Waals surface area contributed by atoms with E-state index in [1.54, 1.807) is 6.07 Å². The minimum Gasteiger partial charge on any atom is -0.534 e. The highest BCUT2D eigenvalue weighted by atomic mass is 31.2. The first kappa shape index (κ1) is 26.8. The van der Waals surface area contributed by atoms with Crippen LogP contribution >= 0.6 is 7.60 Å². The predicted molar refractivity (Wildman–Crippen MR) is 133 cm³/mol. The Morgan fingerprint density at radius 3 is 2.42 bits per heavy atom. The maximum absolute atomic E-state index is 13.4. The van der Waals surface area contributed by atoms with Crippen LogP contribution < -0.4 is 26.0 Å². The Labute approximate surface area is 214 Å². The van der Waals surface area contributed by atoms with E-state index >= 15 is 0 Å². The number of aromatic nitrogens is 1. The number of pyridine rings is 1. The second kappa shape index (κ2) is 10.6. The molecule has 1 aliphatic heterocycles. The minimum absolute atomic E-state index is 0.000472. The third-order valence-corrected chi connectivity index (χ3v) is 6.82. The molecule has 15 heteroatoms. The number of aromatic amines is 1. The van der Waals surface area contributed by atoms with Crippen LogP contribution in [0, 0.1) is 0 Å². The highest BCUT2D eigenvalue weighted by Gasteiger charge is 2.39. The van der Waals surface area contributed by atoms with Crippen LogP contribution in [0.5, 0.6) is 5.75 Å². The molecule has 0 saturated carbocycles. The summed E-state index contributed by atoms with van der Waals surface area (Å²) in [4.78, 5) is 71.1. The molecule has 38 heavy (non-hydrogen) atoms. The minimum atomic E-state index is -4.58. The SMILES string of the molecule is O=C(O)c1cccc2c1OB(O)[C@@H](NC(=O)[C@H](NC(=O)c1c[nH]ccc1=O)c1ccc(P(=O)(O)O)cc1)C2. The van der Waals surface area contributed by atoms with Crippen molar-refractivity contribution in [1.29, 1.82) is 0 Å². The molecule has 0 fully saturated rings. The normalized spacial score (nSPS) is 15.6. The fourth-order valence-electron chi connectivity index (χ4n) is 3.95. The zero-order valence-electron chi connectivity index (χ0n) is 19.4. The molecule has 2 aromatic carbocycles. The van der Waals surface area contributed by atoms with E-state index in [0.29, 0.717) is 5.56 Å². The average molecular weight is 541 g/mol. The van der Waals surface area contributed by atoms with Crippen molar-refractivity contribution in [2.24, 2.45) is 0 Å². The van der Waals surface area contributed by atoms with Crippen LogP contribution in [0.3, 0.4) is 0 Å². The summed E-state index contributed by atoms with van der Waals surface area (Å²) in [6.07, 6.45) is 2.47. The smallest absolute Gasteiger partial charge is 0.534 e. The number of hydrogen-bond acceptors (Lipinski definition) is 7. The Bertz CT molecular complexity index is 1500. The van der Waals surface area contributed by atoms with E-state index in [0.717, 1.165) is 24.4 Å². The Balaban J connectivity index is 1.62. The summed E-state index contributed by atoms with van der Waals surface area (Å²) in [5, 5.41) is 24.5. The molecule has 3 aromatic rings. The molecule has 1 aromatic heterocycles. The lowest BCUT2D eigenvalue weighted by Gasteiger charge is -2.30. The molecule has 2 heterocycles. The number of aromatic carboxylic acids is 1. The predicted octanol–water partition coefficient (Wildman–Crippen LogP) is -0.513. The summed E-state index contributed by atoms with van der Waals surface area (Å²) in [7, 11) is -6.21. The molecular formula is C23H21BN3O10P. The van der Waals surface area contributed by atoms with Crippen molar-refractivity contribution in [2.75, 3.05) is 0 Å². The number of carboxylic acid groups (broad SMARTS) is 1. The van der Waals surface area contributed by atoms with Gasteiger partial charge < -0.3 is 40.2 Å². The number of nitrogens with one attached hydrogen (secondary N) is 3. The molecule has 2 amide bonds. The summed E-state index contributed by atoms with van der Waals surface area (Å²) in [6, 6.07) is 8.71. The number of carbonyl (C=O) groups excluding carboxylic acids is 2. The number of carbonyl (C=O) groups is 3. The fourth-order valence-corrected chi connectivity index (χ4v) is 4.48. The van der Waals surface area contributed by atoms with Gasteiger partial charge in [0.15, 0.2) is 5.43 Å². The van der Waals surface area contributed by atoms with Crippen LogP contribution in [0.15, 0.2) is 65.7 Å². The van der Waals surface area contributed by atoms with E-state index in [9.17, 15) is 43.7 Å². The highest BCUT2D eigenvalue weighted by Crippen LogP contribution is 2.33. The molecule has 0 bridgehead atoms. The topological polar surface area (TPSA) is 215 Å². The van der Waals surface area contributed by atoms with E-state index in [-0.39, 0.29) is 34.2 Å². The van der Waals surface area contributed by atoms with Crippen molar-refractivity contribution in [3.05, 3.63) is 93.4 Å². The first-order valence-electron chi connectivity index (χ1n) is 11.1. The van der Waals surface area contributed by atoms with Gasteiger partial charge in [0.2, 0.25) is 5.91 Å². The van der Waals surface area contributed by atoms with E-state index in [1.165, 1.54) is 30.5 Å². The molecule has 0 radical (unpaired) electrons. The summed E-state index contributed by atoms with van der Waals surface area (Å²) in [6.45, 7) is 0. The van der Waals surface area contributed by atoms with Gasteiger partial charge in [0.1, 0.15) is 17.4 Å². The number of H-pyrrole nitrogens is 1. The monoisotopic (exact) mass is 541 g/mol. The third-order valence-electron chi connectivity index (χ3n) is 5.85. The number of benzene rings is 2. The number of para-hydroxylation sites is 1. The molecule has 0 unspecified atom stereocenters. The quantitative estimate of drug-likeness (QED) is 0.150. The number of hydrogen-bond donors (Lipinski definition) is 7. The van der Waals surface area contributed by atoms with Gasteiger partial charge >= 0.3 is 20.7 Å². The van der Waals surface area contributed by atoms with Crippen molar-refractivity contribution < 1.29 is 43.5 Å². The van der Waals surface area contributed by atoms with Crippen molar-refractivity contribution in [3.8, 4) is 5.75 Å². The fraction of sp³-hybridized carbons (Fsp3) is 0.130. The van der Waals surface area contributed by atoms with Gasteiger partial charge in [-0.25, -0.2) is 4.79 Å². The van der Waals surface area contributed by atoms with Gasteiger partial charge in [-0.1, -0.05) is 24.3 Å². The molecule has 13 nitrogen and oxygen atoms in total. The van der Waals surface area contributed by atoms with Crippen LogP contribution in [0.4, 0.5) is 0 Å². The molecule has 0 aliphatic carbocycles. The molecule has 2 atom stereocenters. The number of rotatable bonds is 7. The van der Waals surface area contributed by atoms with E-state index in [1.807, 2.05) is 0 Å². The summed E-state index contributed by atoms with van der Waals surface area (Å²) in [5.74, 6) is -4.07. The maximum atomic E-state index is 13.4. The largest absolute Gasteiger partial charge is 0.547 e. The molecule has 1 aliphatic rings. The lowest BCUT2D eigenvalue weighted by atomic mass is 9.72. The molecule has 196 valence electrons. The van der Waals surface area contributed by atoms with Crippen molar-refractivity contribution >= 4 is 37.8 Å². The summed E-state index contributed by atoms with van der Waals surface area (Å²) >= 11 is 0. The summed E-state index contributed by atoms with van der Waals surface area (Å²) in [5.41, 5.74) is -0.509. The van der Waals surface area contributed by atoms with E-state index in [4.69, 9.17) is 4.65 Å². The van der Waals surface area contributed by atoms with E-state index in [2.05, 4.69) is 15.6 Å². The van der Waals surface area contributed by atoms with Gasteiger partial charge in [-0.3, -0.25) is 18.9 Å². The second-order valence-corrected chi connectivity index (χ2v) is 10.00. The van der Waals surface area contributed by atoms with E-state index < -0.39 is 49.9 Å². The molecule has 0 spiro atoms. The Hall–Kier alpha value is -4.23. The number of amides is 2. The van der Waals surface area contributed by atoms with Gasteiger partial charge in [0.25, 0.3) is 5.91 Å². The van der Waals surface area contributed by atoms with Crippen LogP contribution in [0.25, 0.3) is 0 Å². The molecular weight excluding hydrogens is 520 g/mol. The Kier molecular flexibility index (Phi) is 7.51. The first-order valence-corrected chi connectivity index (χ1v) is 12.7. The zero-order chi connectivity index (χ0) is 27.6. The van der Waals surface area contributed by atoms with Crippen molar-refractivity contribution in [3.63, 3.8) is 0 Å². The van der Waals surface area contributed by atoms with Crippen molar-refractivity contribution in [1.82, 2.24) is 15.6 Å². The Morgan fingerprint density at radius 1 is 1.08 bits per heavy atom. The molecule has 7 N–H and O–H groups in total. The standard InChI is InChI=1S/C23H21BN3O10P/c28-17-8-9-25-11-16(17)21(29)27-19(12-4-6-14(7-5-12)38(34,35)36)22(30)26-18-10-13-2-1-3-15(23(31)32)20(13)37-24(18)33/h1-9,11,18-19,33H,10H2,(H,25,28)(H,26,30)(H,27,29)(H,31,32)(H2,34,35,36)/t18-,19+/m0/s1. The van der Waals surface area contributed by atoms with Gasteiger partial charge in [-0.15, -0.1) is 0 Å². The zero-order valence-corrected chi connectivity index (χ0v) is 20.3. The Morgan fingerprint density at radius 2 is 1.79 bits per heavy atom. The third kappa shape index (κ3) is 5.68. The first-order chi connectivity index (χ1) is 18.0. The number of carboxylic acids is 1. The average Bonchev–Trinajstić information content (AvgIpc) is 2.87. The molecule has 0 saturated heterocycles. The lowest BCUT2D eigenvalue weighted by Crippen LogP contribution is -2.55. The second-order valence-electron chi connectivity index (χ2n) is 8.39. The highest BCUT2D eigenvalue weighted by molar-refractivity contribution is 7.60. The maximum Gasteiger partial charge on any atom is 0.547 e. The van der Waals surface area contributed by atoms with Crippen LogP contribution in [0.1, 0.15) is 37.9 Å². The van der Waals surface area contributed by atoms with Gasteiger partial charge in [-0.05, 0) is 35.7 Å². The van der Waals surface area contributed by atoms with Gasteiger partial charge in [0, 0.05) is 18.5 Å².